The molecule has 0 bridgehead atoms. The molecule has 0 aliphatic carbocycles. The molecule has 0 saturated heterocycles. The lowest BCUT2D eigenvalue weighted by Crippen LogP contribution is -2.10. The molecule has 0 rings (SSSR count). The number of rotatable bonds is 17. The molecule has 0 aromatic rings. The van der Waals surface area contributed by atoms with Crippen molar-refractivity contribution in [1.82, 2.24) is 0 Å². The van der Waals surface area contributed by atoms with E-state index in [0.717, 1.165) is 32.1 Å². The van der Waals surface area contributed by atoms with E-state index in [-0.39, 0.29) is 11.9 Å². The van der Waals surface area contributed by atoms with E-state index in [1.165, 1.54) is 38.5 Å². The van der Waals surface area contributed by atoms with Gasteiger partial charge in [-0.15, -0.1) is 0 Å². The van der Waals surface area contributed by atoms with Crippen LogP contribution in [-0.2, 0) is 19.1 Å². The van der Waals surface area contributed by atoms with Gasteiger partial charge < -0.3 is 9.47 Å². The van der Waals surface area contributed by atoms with Crippen LogP contribution in [0.3, 0.4) is 0 Å². The number of carbonyl (C=O) groups is 2. The summed E-state index contributed by atoms with van der Waals surface area (Å²) in [6, 6.07) is 0. The summed E-state index contributed by atoms with van der Waals surface area (Å²) >= 11 is 0. The predicted octanol–water partition coefficient (Wildman–Crippen LogP) is 5.82. The first kappa shape index (κ1) is 23.9. The van der Waals surface area contributed by atoms with Gasteiger partial charge in [-0.3, -0.25) is 9.59 Å². The van der Waals surface area contributed by atoms with Crippen LogP contribution in [0.15, 0.2) is 0 Å². The van der Waals surface area contributed by atoms with Crippen LogP contribution in [0, 0.1) is 5.92 Å². The molecule has 0 radical (unpaired) electrons. The monoisotopic (exact) mass is 356 g/mol. The fourth-order valence-corrected chi connectivity index (χ4v) is 2.77. The van der Waals surface area contributed by atoms with Crippen LogP contribution in [-0.4, -0.2) is 25.2 Å². The van der Waals surface area contributed by atoms with Crippen molar-refractivity contribution in [3.8, 4) is 0 Å². The fourth-order valence-electron chi connectivity index (χ4n) is 2.77. The third-order valence-corrected chi connectivity index (χ3v) is 4.28. The predicted molar refractivity (Wildman–Crippen MR) is 102 cm³/mol. The molecule has 0 fully saturated rings. The van der Waals surface area contributed by atoms with Crippen LogP contribution in [0.5, 0.6) is 0 Å². The van der Waals surface area contributed by atoms with Gasteiger partial charge in [-0.25, -0.2) is 0 Å². The van der Waals surface area contributed by atoms with Gasteiger partial charge in [0.25, 0.3) is 0 Å². The summed E-state index contributed by atoms with van der Waals surface area (Å²) in [6.07, 6.45) is 13.6. The maximum absolute atomic E-state index is 11.5. The van der Waals surface area contributed by atoms with E-state index in [1.54, 1.807) is 0 Å². The highest BCUT2D eigenvalue weighted by atomic mass is 16.5. The minimum atomic E-state index is -0.0482. The van der Waals surface area contributed by atoms with Gasteiger partial charge in [0.1, 0.15) is 0 Å². The van der Waals surface area contributed by atoms with Crippen LogP contribution in [0.2, 0.25) is 0 Å². The smallest absolute Gasteiger partial charge is 0.306 e. The second kappa shape index (κ2) is 17.8. The van der Waals surface area contributed by atoms with E-state index in [4.69, 9.17) is 9.47 Å². The Hall–Kier alpha value is -1.06. The van der Waals surface area contributed by atoms with E-state index in [0.29, 0.717) is 32.0 Å². The summed E-state index contributed by atoms with van der Waals surface area (Å²) in [5.41, 5.74) is 0. The topological polar surface area (TPSA) is 52.6 Å². The molecule has 0 aliphatic rings. The van der Waals surface area contributed by atoms with Crippen LogP contribution < -0.4 is 0 Å². The third-order valence-electron chi connectivity index (χ3n) is 4.28. The van der Waals surface area contributed by atoms with E-state index >= 15 is 0 Å². The van der Waals surface area contributed by atoms with Crippen molar-refractivity contribution in [2.45, 2.75) is 104 Å². The summed E-state index contributed by atoms with van der Waals surface area (Å²) in [5.74, 6) is 0.333. The Morgan fingerprint density at radius 2 is 1.20 bits per heavy atom. The second-order valence-electron chi connectivity index (χ2n) is 7.12. The molecular formula is C21H40O4. The molecular weight excluding hydrogens is 316 g/mol. The fraction of sp³-hybridized carbons (Fsp3) is 0.905. The van der Waals surface area contributed by atoms with Crippen molar-refractivity contribution in [3.63, 3.8) is 0 Å². The molecule has 0 aromatic heterocycles. The van der Waals surface area contributed by atoms with Gasteiger partial charge in [0.05, 0.1) is 13.2 Å². The molecule has 25 heavy (non-hydrogen) atoms. The first-order chi connectivity index (χ1) is 12.1. The van der Waals surface area contributed by atoms with E-state index in [9.17, 15) is 9.59 Å². The molecule has 0 saturated carbocycles. The quantitative estimate of drug-likeness (QED) is 0.243. The average molecular weight is 357 g/mol. The van der Waals surface area contributed by atoms with Crippen molar-refractivity contribution in [2.24, 2.45) is 5.92 Å². The van der Waals surface area contributed by atoms with E-state index in [1.807, 2.05) is 13.8 Å². The summed E-state index contributed by atoms with van der Waals surface area (Å²) in [5, 5.41) is 0. The van der Waals surface area contributed by atoms with E-state index in [2.05, 4.69) is 6.92 Å². The van der Waals surface area contributed by atoms with Gasteiger partial charge >= 0.3 is 11.9 Å². The van der Waals surface area contributed by atoms with Gasteiger partial charge in [-0.2, -0.15) is 0 Å². The average Bonchev–Trinajstić information content (AvgIpc) is 2.59. The van der Waals surface area contributed by atoms with Crippen molar-refractivity contribution >= 4 is 11.9 Å². The highest BCUT2D eigenvalue weighted by Gasteiger charge is 2.09. The summed E-state index contributed by atoms with van der Waals surface area (Å²) in [6.45, 7) is 7.26. The molecule has 1 unspecified atom stereocenters. The van der Waals surface area contributed by atoms with Crippen LogP contribution >= 0.6 is 0 Å². The number of hydrogen-bond donors (Lipinski definition) is 0. The first-order valence-electron chi connectivity index (χ1n) is 10.4. The molecule has 0 N–H and O–H groups in total. The Kier molecular flexibility index (Phi) is 17.0. The van der Waals surface area contributed by atoms with Crippen molar-refractivity contribution in [2.75, 3.05) is 13.2 Å². The van der Waals surface area contributed by atoms with Gasteiger partial charge in [0, 0.05) is 12.8 Å². The maximum atomic E-state index is 11.5. The summed E-state index contributed by atoms with van der Waals surface area (Å²) < 4.78 is 10.2. The van der Waals surface area contributed by atoms with Crippen molar-refractivity contribution in [3.05, 3.63) is 0 Å². The number of carbonyl (C=O) groups excluding carboxylic acids is 2. The zero-order chi connectivity index (χ0) is 18.8. The molecule has 0 aliphatic heterocycles. The Morgan fingerprint density at radius 1 is 0.720 bits per heavy atom. The molecule has 1 atom stereocenters. The van der Waals surface area contributed by atoms with Crippen LogP contribution in [0.4, 0.5) is 0 Å². The normalized spacial score (nSPS) is 12.0. The molecule has 148 valence electrons. The lowest BCUT2D eigenvalue weighted by Gasteiger charge is -2.10. The first-order valence-corrected chi connectivity index (χ1v) is 10.4. The third kappa shape index (κ3) is 17.6. The Morgan fingerprint density at radius 3 is 1.76 bits per heavy atom. The lowest BCUT2D eigenvalue weighted by molar-refractivity contribution is -0.145. The van der Waals surface area contributed by atoms with Gasteiger partial charge in [0.2, 0.25) is 0 Å². The number of esters is 2. The Balaban J connectivity index is 3.30. The zero-order valence-electron chi connectivity index (χ0n) is 16.8. The Bertz CT molecular complexity index is 328. The van der Waals surface area contributed by atoms with E-state index < -0.39 is 0 Å². The minimum Gasteiger partial charge on any atom is -0.466 e. The molecule has 4 nitrogen and oxygen atoms in total. The van der Waals surface area contributed by atoms with Crippen LogP contribution in [0.1, 0.15) is 104 Å². The SMILES string of the molecule is CCCOC(=O)CCCCCCCCCCC(C)CC(=O)OCCC. The largest absolute Gasteiger partial charge is 0.466 e. The second-order valence-corrected chi connectivity index (χ2v) is 7.12. The van der Waals surface area contributed by atoms with Gasteiger partial charge in [-0.1, -0.05) is 72.1 Å². The van der Waals surface area contributed by atoms with Crippen molar-refractivity contribution in [1.29, 1.82) is 0 Å². The standard InChI is InChI=1S/C21H40O4/c1-4-16-24-20(22)15-13-11-9-7-6-8-10-12-14-19(3)18-21(23)25-17-5-2/h19H,4-18H2,1-3H3. The van der Waals surface area contributed by atoms with Crippen molar-refractivity contribution < 1.29 is 19.1 Å². The van der Waals surface area contributed by atoms with Crippen LogP contribution in [0.25, 0.3) is 0 Å². The highest BCUT2D eigenvalue weighted by Crippen LogP contribution is 2.16. The summed E-state index contributed by atoms with van der Waals surface area (Å²) in [7, 11) is 0. The lowest BCUT2D eigenvalue weighted by atomic mass is 9.99. The zero-order valence-corrected chi connectivity index (χ0v) is 16.8. The number of hydrogen-bond acceptors (Lipinski definition) is 4. The number of unbranched alkanes of at least 4 members (excludes halogenated alkanes) is 7. The Labute approximate surface area is 155 Å². The molecule has 0 amide bonds. The minimum absolute atomic E-state index is 0.0467. The molecule has 4 heteroatoms. The molecule has 0 heterocycles. The number of ether oxygens (including phenoxy) is 2. The summed E-state index contributed by atoms with van der Waals surface area (Å²) in [4.78, 5) is 22.8. The highest BCUT2D eigenvalue weighted by molar-refractivity contribution is 5.69. The maximum Gasteiger partial charge on any atom is 0.306 e. The molecule has 0 spiro atoms. The van der Waals surface area contributed by atoms with Gasteiger partial charge in [0.15, 0.2) is 0 Å². The van der Waals surface area contributed by atoms with Gasteiger partial charge in [-0.05, 0) is 25.2 Å². The molecule has 0 aromatic carbocycles.